The molecule has 0 bridgehead atoms. The van der Waals surface area contributed by atoms with Gasteiger partial charge in [-0.25, -0.2) is 9.97 Å². The fraction of sp³-hybridized carbons (Fsp3) is 0.286. The highest BCUT2D eigenvalue weighted by atomic mass is 16.1. The molecule has 6 nitrogen and oxygen atoms in total. The summed E-state index contributed by atoms with van der Waals surface area (Å²) >= 11 is 0. The van der Waals surface area contributed by atoms with Crippen molar-refractivity contribution in [2.45, 2.75) is 13.0 Å². The standard InChI is InChI=1S/C21H23N5O/c1-25(2)13-7-12-22-19(27)14-26-18-11-6-3-8-15(18)20-21(26)24-17-10-5-4-9-16(17)23-20/h3-6,8-11H,7,12-14H2,1-2H3,(H,22,27). The molecule has 2 heterocycles. The first-order valence-electron chi connectivity index (χ1n) is 9.18. The summed E-state index contributed by atoms with van der Waals surface area (Å²) in [5, 5.41) is 4.03. The number of aromatic nitrogens is 3. The number of para-hydroxylation sites is 3. The van der Waals surface area contributed by atoms with Crippen LogP contribution >= 0.6 is 0 Å². The van der Waals surface area contributed by atoms with Crippen LogP contribution in [0.2, 0.25) is 0 Å². The topological polar surface area (TPSA) is 63.1 Å². The van der Waals surface area contributed by atoms with Crippen LogP contribution in [0.25, 0.3) is 33.1 Å². The second-order valence-corrected chi connectivity index (χ2v) is 6.99. The van der Waals surface area contributed by atoms with E-state index < -0.39 is 0 Å². The van der Waals surface area contributed by atoms with Crippen LogP contribution in [0.3, 0.4) is 0 Å². The van der Waals surface area contributed by atoms with Gasteiger partial charge in [0.05, 0.1) is 16.6 Å². The molecule has 0 spiro atoms. The molecule has 0 saturated carbocycles. The summed E-state index contributed by atoms with van der Waals surface area (Å²) in [5.74, 6) is -0.00799. The minimum absolute atomic E-state index is 0.00799. The van der Waals surface area contributed by atoms with Gasteiger partial charge in [-0.1, -0.05) is 30.3 Å². The van der Waals surface area contributed by atoms with Gasteiger partial charge >= 0.3 is 0 Å². The fourth-order valence-electron chi connectivity index (χ4n) is 3.37. The lowest BCUT2D eigenvalue weighted by Crippen LogP contribution is -2.30. The minimum atomic E-state index is -0.00799. The predicted octanol–water partition coefficient (Wildman–Crippen LogP) is 2.81. The van der Waals surface area contributed by atoms with Crippen molar-refractivity contribution in [2.24, 2.45) is 0 Å². The Morgan fingerprint density at radius 1 is 1.04 bits per heavy atom. The molecular formula is C21H23N5O. The largest absolute Gasteiger partial charge is 0.355 e. The number of carbonyl (C=O) groups excluding carboxylic acids is 1. The van der Waals surface area contributed by atoms with E-state index in [-0.39, 0.29) is 12.5 Å². The smallest absolute Gasteiger partial charge is 0.240 e. The summed E-state index contributed by atoms with van der Waals surface area (Å²) < 4.78 is 1.96. The van der Waals surface area contributed by atoms with Gasteiger partial charge < -0.3 is 14.8 Å². The number of hydrogen-bond acceptors (Lipinski definition) is 4. The van der Waals surface area contributed by atoms with Crippen LogP contribution in [-0.4, -0.2) is 52.5 Å². The molecule has 1 N–H and O–H groups in total. The summed E-state index contributed by atoms with van der Waals surface area (Å²) in [6.45, 7) is 1.86. The van der Waals surface area contributed by atoms with E-state index in [4.69, 9.17) is 9.97 Å². The maximum absolute atomic E-state index is 12.5. The van der Waals surface area contributed by atoms with Gasteiger partial charge in [-0.3, -0.25) is 4.79 Å². The maximum Gasteiger partial charge on any atom is 0.240 e. The van der Waals surface area contributed by atoms with Crippen LogP contribution < -0.4 is 5.32 Å². The first-order chi connectivity index (χ1) is 13.1. The Balaban J connectivity index is 1.70. The van der Waals surface area contributed by atoms with Crippen LogP contribution in [0, 0.1) is 0 Å². The molecule has 27 heavy (non-hydrogen) atoms. The number of rotatable bonds is 6. The van der Waals surface area contributed by atoms with E-state index >= 15 is 0 Å². The molecule has 0 atom stereocenters. The third-order valence-corrected chi connectivity index (χ3v) is 4.66. The zero-order chi connectivity index (χ0) is 18.8. The van der Waals surface area contributed by atoms with Crippen LogP contribution in [0.15, 0.2) is 48.5 Å². The molecule has 0 saturated heterocycles. The molecule has 4 rings (SSSR count). The minimum Gasteiger partial charge on any atom is -0.355 e. The number of nitrogens with one attached hydrogen (secondary N) is 1. The summed E-state index contributed by atoms with van der Waals surface area (Å²) in [5.41, 5.74) is 4.26. The van der Waals surface area contributed by atoms with Crippen molar-refractivity contribution in [3.05, 3.63) is 48.5 Å². The zero-order valence-corrected chi connectivity index (χ0v) is 15.6. The van der Waals surface area contributed by atoms with Crippen molar-refractivity contribution in [3.63, 3.8) is 0 Å². The third-order valence-electron chi connectivity index (χ3n) is 4.66. The Morgan fingerprint density at radius 2 is 1.74 bits per heavy atom. The molecule has 1 amide bonds. The van der Waals surface area contributed by atoms with Gasteiger partial charge in [0.1, 0.15) is 12.1 Å². The van der Waals surface area contributed by atoms with Gasteiger partial charge in [0.25, 0.3) is 0 Å². The summed E-state index contributed by atoms with van der Waals surface area (Å²) in [6, 6.07) is 15.8. The van der Waals surface area contributed by atoms with E-state index in [1.54, 1.807) is 0 Å². The van der Waals surface area contributed by atoms with Crippen molar-refractivity contribution in [3.8, 4) is 0 Å². The number of benzene rings is 2. The maximum atomic E-state index is 12.5. The Morgan fingerprint density at radius 3 is 2.52 bits per heavy atom. The highest BCUT2D eigenvalue weighted by Crippen LogP contribution is 2.27. The number of fused-ring (bicyclic) bond motifs is 4. The molecule has 2 aromatic carbocycles. The van der Waals surface area contributed by atoms with Crippen molar-refractivity contribution in [1.82, 2.24) is 24.8 Å². The lowest BCUT2D eigenvalue weighted by atomic mass is 10.2. The molecule has 0 unspecified atom stereocenters. The SMILES string of the molecule is CN(C)CCCNC(=O)Cn1c2ccccc2c2nc3ccccc3nc21. The van der Waals surface area contributed by atoms with Crippen molar-refractivity contribution in [1.29, 1.82) is 0 Å². The third kappa shape index (κ3) is 3.48. The number of amides is 1. The Bertz CT molecular complexity index is 1120. The highest BCUT2D eigenvalue weighted by molar-refractivity contribution is 6.07. The summed E-state index contributed by atoms with van der Waals surface area (Å²) in [6.07, 6.45) is 0.927. The average Bonchev–Trinajstić information content (AvgIpc) is 2.97. The molecule has 0 aliphatic heterocycles. The van der Waals surface area contributed by atoms with Gasteiger partial charge in [0.2, 0.25) is 5.91 Å². The van der Waals surface area contributed by atoms with E-state index in [9.17, 15) is 4.79 Å². The lowest BCUT2D eigenvalue weighted by molar-refractivity contribution is -0.121. The van der Waals surface area contributed by atoms with Crippen LogP contribution in [-0.2, 0) is 11.3 Å². The predicted molar refractivity (Wildman–Crippen MR) is 109 cm³/mol. The van der Waals surface area contributed by atoms with E-state index in [1.165, 1.54) is 0 Å². The van der Waals surface area contributed by atoms with E-state index in [0.29, 0.717) is 6.54 Å². The molecule has 6 heteroatoms. The van der Waals surface area contributed by atoms with Gasteiger partial charge in [-0.2, -0.15) is 0 Å². The highest BCUT2D eigenvalue weighted by Gasteiger charge is 2.16. The van der Waals surface area contributed by atoms with Gasteiger partial charge in [-0.15, -0.1) is 0 Å². The summed E-state index contributed by atoms with van der Waals surface area (Å²) in [7, 11) is 4.06. The first-order valence-corrected chi connectivity index (χ1v) is 9.18. The molecule has 0 aliphatic rings. The Labute approximate surface area is 157 Å². The summed E-state index contributed by atoms with van der Waals surface area (Å²) in [4.78, 5) is 24.2. The molecule has 2 aromatic heterocycles. The molecule has 0 radical (unpaired) electrons. The second-order valence-electron chi connectivity index (χ2n) is 6.99. The number of carbonyl (C=O) groups is 1. The average molecular weight is 361 g/mol. The lowest BCUT2D eigenvalue weighted by Gasteiger charge is -2.11. The Kier molecular flexibility index (Phi) is 4.73. The molecule has 0 aliphatic carbocycles. The van der Waals surface area contributed by atoms with E-state index in [0.717, 1.165) is 46.1 Å². The number of hydrogen-bond donors (Lipinski definition) is 1. The van der Waals surface area contributed by atoms with Crippen LogP contribution in [0.5, 0.6) is 0 Å². The van der Waals surface area contributed by atoms with Crippen LogP contribution in [0.4, 0.5) is 0 Å². The molecule has 138 valence electrons. The molecule has 0 fully saturated rings. The normalized spacial score (nSPS) is 11.7. The zero-order valence-electron chi connectivity index (χ0n) is 15.6. The number of nitrogens with zero attached hydrogens (tertiary/aromatic N) is 4. The Hall–Kier alpha value is -2.99. The monoisotopic (exact) mass is 361 g/mol. The fourth-order valence-corrected chi connectivity index (χ4v) is 3.37. The molecular weight excluding hydrogens is 338 g/mol. The van der Waals surface area contributed by atoms with Gasteiger partial charge in [0.15, 0.2) is 5.65 Å². The van der Waals surface area contributed by atoms with Crippen LogP contribution in [0.1, 0.15) is 6.42 Å². The van der Waals surface area contributed by atoms with Crippen molar-refractivity contribution in [2.75, 3.05) is 27.2 Å². The van der Waals surface area contributed by atoms with Gasteiger partial charge in [-0.05, 0) is 45.3 Å². The first kappa shape index (κ1) is 17.4. The van der Waals surface area contributed by atoms with Crippen molar-refractivity contribution >= 4 is 39.0 Å². The second kappa shape index (κ2) is 7.32. The van der Waals surface area contributed by atoms with E-state index in [1.807, 2.05) is 67.2 Å². The molecule has 4 aromatic rings. The quantitative estimate of drug-likeness (QED) is 0.537. The van der Waals surface area contributed by atoms with Crippen molar-refractivity contribution < 1.29 is 4.79 Å². The van der Waals surface area contributed by atoms with E-state index in [2.05, 4.69) is 10.2 Å². The van der Waals surface area contributed by atoms with Gasteiger partial charge in [0, 0.05) is 11.9 Å².